The van der Waals surface area contributed by atoms with E-state index in [1.54, 1.807) is 40.0 Å². The normalized spacial score (nSPS) is 37.1. The predicted octanol–water partition coefficient (Wildman–Crippen LogP) is 4.28. The van der Waals surface area contributed by atoms with Gasteiger partial charge >= 0.3 is 5.97 Å². The van der Waals surface area contributed by atoms with E-state index in [0.29, 0.717) is 28.2 Å². The second kappa shape index (κ2) is 9.71. The number of fused-ring (bicyclic) bond motifs is 5. The molecular weight excluding hydrogens is 608 g/mol. The number of ketones is 1. The molecule has 5 aliphatic rings. The van der Waals surface area contributed by atoms with Gasteiger partial charge in [0.15, 0.2) is 38.8 Å². The molecule has 2 aromatic rings. The molecule has 10 nitrogen and oxygen atoms in total. The van der Waals surface area contributed by atoms with Crippen molar-refractivity contribution in [2.75, 3.05) is 12.9 Å². The fraction of sp³-hybridized carbons (Fsp3) is 0.571. The monoisotopic (exact) mass is 650 g/mol. The standard InChI is InChI=1S/C35H42N2O8S/c1-18-15-34-19(2)13-25-26(32(25,3)4)23(28(34)38)14-21-17-43-33(5,6)45-30(21)35(34,40)29(18)44-31(39)27-24(16-36-37(27)7)20-9-11-22(12-10-20)46(8,41)42/h9-12,14-16,19,23,25-26,29-30,40H,13,17H2,1-8H3/t19?,23-,25+,26+,29-,30+,34?,35+/m0/s1. The molecule has 1 N–H and O–H groups in total. The van der Waals surface area contributed by atoms with Crippen molar-refractivity contribution in [1.29, 1.82) is 0 Å². The van der Waals surface area contributed by atoms with Crippen molar-refractivity contribution in [3.63, 3.8) is 0 Å². The summed E-state index contributed by atoms with van der Waals surface area (Å²) >= 11 is 0. The lowest BCUT2D eigenvalue weighted by Gasteiger charge is -2.52. The first-order chi connectivity index (χ1) is 21.3. The Hall–Kier alpha value is -3.12. The molecule has 1 aromatic carbocycles. The summed E-state index contributed by atoms with van der Waals surface area (Å²) in [6.45, 7) is 12.0. The number of nitrogens with zero attached hydrogens (tertiary/aromatic N) is 2. The summed E-state index contributed by atoms with van der Waals surface area (Å²) in [7, 11) is -1.79. The molecule has 2 saturated carbocycles. The van der Waals surface area contributed by atoms with Gasteiger partial charge in [-0.3, -0.25) is 9.48 Å². The van der Waals surface area contributed by atoms with Gasteiger partial charge in [0.25, 0.3) is 0 Å². The van der Waals surface area contributed by atoms with Crippen molar-refractivity contribution in [1.82, 2.24) is 9.78 Å². The summed E-state index contributed by atoms with van der Waals surface area (Å²) in [4.78, 5) is 29.3. The zero-order chi connectivity index (χ0) is 33.4. The fourth-order valence-corrected chi connectivity index (χ4v) is 9.87. The SMILES string of the molecule is CC1=CC23C(=O)[C@@H](C=C4COC(C)(C)O[C@H]4[C@]2(O)[C@H]1OC(=O)c1c(-c2ccc(S(C)(=O)=O)cc2)cnn1C)[C@@H]1[C@@H](CC3C)C1(C)C. The second-order valence-corrected chi connectivity index (χ2v) is 17.1. The highest BCUT2D eigenvalue weighted by atomic mass is 32.2. The highest BCUT2D eigenvalue weighted by Gasteiger charge is 2.77. The number of allylic oxidation sites excluding steroid dienone is 1. The van der Waals surface area contributed by atoms with Crippen LogP contribution in [0.15, 0.2) is 58.7 Å². The fourth-order valence-electron chi connectivity index (χ4n) is 9.24. The molecule has 11 heteroatoms. The minimum atomic E-state index is -3.41. The molecule has 3 fully saturated rings. The van der Waals surface area contributed by atoms with Crippen LogP contribution in [-0.2, 0) is 35.9 Å². The number of Topliss-reactive ketones (excluding diaryl/α,β-unsaturated/α-hetero) is 1. The van der Waals surface area contributed by atoms with Crippen LogP contribution < -0.4 is 0 Å². The number of aryl methyl sites for hydroxylation is 1. The number of hydrogen-bond donors (Lipinski definition) is 1. The maximum absolute atomic E-state index is 15.0. The second-order valence-electron chi connectivity index (χ2n) is 15.1. The van der Waals surface area contributed by atoms with Gasteiger partial charge in [0.1, 0.15) is 6.10 Å². The number of ether oxygens (including phenoxy) is 3. The Morgan fingerprint density at radius 2 is 1.83 bits per heavy atom. The Bertz CT molecular complexity index is 1840. The molecule has 2 unspecified atom stereocenters. The van der Waals surface area contributed by atoms with Gasteiger partial charge in [-0.05, 0) is 79.2 Å². The molecule has 46 heavy (non-hydrogen) atoms. The van der Waals surface area contributed by atoms with Crippen LogP contribution in [0.4, 0.5) is 0 Å². The maximum Gasteiger partial charge on any atom is 0.357 e. The molecule has 8 atom stereocenters. The Labute approximate surface area is 269 Å². The first-order valence-corrected chi connectivity index (χ1v) is 17.8. The first-order valence-electron chi connectivity index (χ1n) is 15.9. The van der Waals surface area contributed by atoms with E-state index in [1.165, 1.54) is 23.0 Å². The molecule has 0 amide bonds. The summed E-state index contributed by atoms with van der Waals surface area (Å²) in [5, 5.41) is 17.6. The topological polar surface area (TPSA) is 134 Å². The molecule has 1 aliphatic heterocycles. The molecule has 1 saturated heterocycles. The van der Waals surface area contributed by atoms with Crippen LogP contribution in [0.5, 0.6) is 0 Å². The van der Waals surface area contributed by atoms with E-state index in [9.17, 15) is 23.1 Å². The van der Waals surface area contributed by atoms with E-state index in [0.717, 1.165) is 12.7 Å². The molecule has 4 aliphatic carbocycles. The molecule has 2 bridgehead atoms. The van der Waals surface area contributed by atoms with Crippen LogP contribution in [-0.4, -0.2) is 71.5 Å². The lowest BCUT2D eigenvalue weighted by Crippen LogP contribution is -2.68. The molecule has 2 heterocycles. The van der Waals surface area contributed by atoms with E-state index in [4.69, 9.17) is 14.2 Å². The maximum atomic E-state index is 15.0. The van der Waals surface area contributed by atoms with Crippen molar-refractivity contribution >= 4 is 21.6 Å². The van der Waals surface area contributed by atoms with Gasteiger partial charge in [0.2, 0.25) is 0 Å². The zero-order valence-corrected chi connectivity index (χ0v) is 28.3. The molecule has 1 spiro atoms. The smallest absolute Gasteiger partial charge is 0.357 e. The van der Waals surface area contributed by atoms with Crippen LogP contribution in [0.3, 0.4) is 0 Å². The summed E-state index contributed by atoms with van der Waals surface area (Å²) in [6.07, 6.45) is 5.07. The molecule has 7 rings (SSSR count). The summed E-state index contributed by atoms with van der Waals surface area (Å²) in [5.74, 6) is -2.09. The number of benzene rings is 1. The van der Waals surface area contributed by atoms with Crippen molar-refractivity contribution in [3.8, 4) is 11.1 Å². The van der Waals surface area contributed by atoms with Gasteiger partial charge < -0.3 is 19.3 Å². The third kappa shape index (κ3) is 4.17. The van der Waals surface area contributed by atoms with Gasteiger partial charge in [0.05, 0.1) is 23.1 Å². The third-order valence-electron chi connectivity index (χ3n) is 11.6. The van der Waals surface area contributed by atoms with Gasteiger partial charge in [0, 0.05) is 24.8 Å². The Balaban J connectivity index is 1.32. The van der Waals surface area contributed by atoms with Crippen LogP contribution in [0.1, 0.15) is 58.5 Å². The number of carbonyl (C=O) groups is 2. The minimum Gasteiger partial charge on any atom is -0.450 e. The lowest BCUT2D eigenvalue weighted by atomic mass is 9.59. The van der Waals surface area contributed by atoms with E-state index in [1.807, 2.05) is 19.1 Å². The van der Waals surface area contributed by atoms with Crippen LogP contribution in [0.2, 0.25) is 0 Å². The number of rotatable bonds is 4. The number of hydrogen-bond acceptors (Lipinski definition) is 9. The summed E-state index contributed by atoms with van der Waals surface area (Å²) in [5.41, 5.74) is -0.894. The average Bonchev–Trinajstić information content (AvgIpc) is 3.23. The number of esters is 1. The number of aliphatic hydroxyl groups is 1. The Kier molecular flexibility index (Phi) is 6.65. The Morgan fingerprint density at radius 1 is 1.15 bits per heavy atom. The zero-order valence-electron chi connectivity index (χ0n) is 27.5. The van der Waals surface area contributed by atoms with E-state index >= 15 is 0 Å². The molecular formula is C35H42N2O8S. The number of sulfone groups is 1. The van der Waals surface area contributed by atoms with Gasteiger partial charge in [-0.25, -0.2) is 13.2 Å². The van der Waals surface area contributed by atoms with E-state index < -0.39 is 50.7 Å². The van der Waals surface area contributed by atoms with E-state index in [-0.39, 0.29) is 40.2 Å². The highest BCUT2D eigenvalue weighted by molar-refractivity contribution is 7.90. The Morgan fingerprint density at radius 3 is 2.48 bits per heavy atom. The van der Waals surface area contributed by atoms with E-state index in [2.05, 4.69) is 18.9 Å². The number of aromatic nitrogens is 2. The minimum absolute atomic E-state index is 0.0143. The first kappa shape index (κ1) is 31.5. The van der Waals surface area contributed by atoms with Crippen LogP contribution in [0.25, 0.3) is 11.1 Å². The van der Waals surface area contributed by atoms with Crippen molar-refractivity contribution in [2.45, 2.75) is 76.5 Å². The predicted molar refractivity (Wildman–Crippen MR) is 168 cm³/mol. The lowest BCUT2D eigenvalue weighted by molar-refractivity contribution is -0.302. The summed E-state index contributed by atoms with van der Waals surface area (Å²) in [6, 6.07) is 6.20. The van der Waals surface area contributed by atoms with Gasteiger partial charge in [-0.15, -0.1) is 0 Å². The van der Waals surface area contributed by atoms with Crippen molar-refractivity contribution < 1.29 is 37.3 Å². The van der Waals surface area contributed by atoms with Crippen LogP contribution in [0, 0.1) is 34.5 Å². The largest absolute Gasteiger partial charge is 0.450 e. The highest BCUT2D eigenvalue weighted by Crippen LogP contribution is 2.72. The van der Waals surface area contributed by atoms with Crippen LogP contribution >= 0.6 is 0 Å². The molecule has 1 aromatic heterocycles. The number of carbonyl (C=O) groups excluding carboxylic acids is 2. The average molecular weight is 651 g/mol. The van der Waals surface area contributed by atoms with Gasteiger partial charge in [-0.2, -0.15) is 5.10 Å². The summed E-state index contributed by atoms with van der Waals surface area (Å²) < 4.78 is 44.4. The van der Waals surface area contributed by atoms with Crippen molar-refractivity contribution in [3.05, 3.63) is 59.5 Å². The molecule has 0 radical (unpaired) electrons. The molecule has 246 valence electrons. The third-order valence-corrected chi connectivity index (χ3v) is 12.7. The van der Waals surface area contributed by atoms with Gasteiger partial charge in [-0.1, -0.05) is 45.1 Å². The van der Waals surface area contributed by atoms with Crippen molar-refractivity contribution in [2.24, 2.45) is 41.5 Å². The quantitative estimate of drug-likeness (QED) is 0.380.